The van der Waals surface area contributed by atoms with Crippen LogP contribution >= 0.6 is 0 Å². The number of rotatable bonds is 7. The third-order valence-corrected chi connectivity index (χ3v) is 5.31. The minimum Gasteiger partial charge on any atom is -0.480 e. The van der Waals surface area contributed by atoms with E-state index in [0.717, 1.165) is 22.5 Å². The third-order valence-electron chi connectivity index (χ3n) is 5.31. The number of amides is 1. The number of benzene rings is 3. The van der Waals surface area contributed by atoms with Crippen molar-refractivity contribution in [3.63, 3.8) is 0 Å². The molecule has 3 aromatic carbocycles. The predicted molar refractivity (Wildman–Crippen MR) is 154 cm³/mol. The normalized spacial score (nSPS) is 9.79. The van der Waals surface area contributed by atoms with Gasteiger partial charge in [-0.3, -0.25) is 19.0 Å². The van der Waals surface area contributed by atoms with E-state index >= 15 is 0 Å². The van der Waals surface area contributed by atoms with Crippen molar-refractivity contribution in [2.45, 2.75) is 34.2 Å². The second-order valence-electron chi connectivity index (χ2n) is 7.63. The van der Waals surface area contributed by atoms with Gasteiger partial charge in [-0.15, -0.1) is 0 Å². The van der Waals surface area contributed by atoms with E-state index in [1.165, 1.54) is 12.1 Å². The molecule has 0 aliphatic carbocycles. The summed E-state index contributed by atoms with van der Waals surface area (Å²) in [6.07, 6.45) is 1.16. The van der Waals surface area contributed by atoms with Gasteiger partial charge in [0.2, 0.25) is 0 Å². The average Bonchev–Trinajstić information content (AvgIpc) is 2.97. The summed E-state index contributed by atoms with van der Waals surface area (Å²) < 4.78 is 15.8. The molecule has 0 bridgehead atoms. The van der Waals surface area contributed by atoms with Crippen LogP contribution in [-0.2, 0) is 11.3 Å². The number of carboxylic acid groups (broad SMARTS) is 1. The lowest BCUT2D eigenvalue weighted by molar-refractivity contribution is -0.137. The summed E-state index contributed by atoms with van der Waals surface area (Å²) >= 11 is 0. The number of carbonyl (C=O) groups is 2. The van der Waals surface area contributed by atoms with Gasteiger partial charge < -0.3 is 15.7 Å². The molecule has 0 radical (unpaired) electrons. The van der Waals surface area contributed by atoms with Gasteiger partial charge in [0.05, 0.1) is 6.20 Å². The van der Waals surface area contributed by atoms with E-state index in [4.69, 9.17) is 0 Å². The van der Waals surface area contributed by atoms with Crippen LogP contribution in [0.25, 0.3) is 22.5 Å². The number of anilines is 2. The van der Waals surface area contributed by atoms with Crippen molar-refractivity contribution in [2.75, 3.05) is 17.7 Å². The van der Waals surface area contributed by atoms with Gasteiger partial charge >= 0.3 is 5.97 Å². The Hall–Kier alpha value is -4.79. The minimum absolute atomic E-state index is 0.00709. The quantitative estimate of drug-likeness (QED) is 0.263. The molecule has 0 saturated carbocycles. The molecular formula is C30H33FN4O4. The van der Waals surface area contributed by atoms with Crippen molar-refractivity contribution >= 4 is 23.3 Å². The van der Waals surface area contributed by atoms with E-state index in [0.29, 0.717) is 16.7 Å². The van der Waals surface area contributed by atoms with Gasteiger partial charge in [-0.2, -0.15) is 0 Å². The SMILES string of the molecule is CC.CC.CNc1cccc(-c2ccc(C(=O)Nc3cnc(-c4ccccc4)n(CC(=O)O)c3=O)cc2F)c1. The van der Waals surface area contributed by atoms with Crippen LogP contribution in [0.5, 0.6) is 0 Å². The molecule has 1 amide bonds. The zero-order valence-electron chi connectivity index (χ0n) is 22.7. The van der Waals surface area contributed by atoms with Gasteiger partial charge in [0.15, 0.2) is 0 Å². The lowest BCUT2D eigenvalue weighted by Gasteiger charge is -2.13. The first-order valence-electron chi connectivity index (χ1n) is 12.6. The summed E-state index contributed by atoms with van der Waals surface area (Å²) in [5, 5.41) is 14.7. The number of carboxylic acids is 1. The molecule has 0 spiro atoms. The summed E-state index contributed by atoms with van der Waals surface area (Å²) in [7, 11) is 1.76. The van der Waals surface area contributed by atoms with Crippen LogP contribution in [0.15, 0.2) is 83.8 Å². The van der Waals surface area contributed by atoms with Gasteiger partial charge in [0.1, 0.15) is 23.9 Å². The number of halogens is 1. The van der Waals surface area contributed by atoms with Crippen LogP contribution in [0.1, 0.15) is 38.1 Å². The Morgan fingerprint density at radius 1 is 0.923 bits per heavy atom. The summed E-state index contributed by atoms with van der Waals surface area (Å²) in [6.45, 7) is 7.36. The first kappa shape index (κ1) is 30.4. The summed E-state index contributed by atoms with van der Waals surface area (Å²) in [5.41, 5.74) is 1.34. The second kappa shape index (κ2) is 14.8. The number of nitrogens with one attached hydrogen (secondary N) is 2. The summed E-state index contributed by atoms with van der Waals surface area (Å²) in [6, 6.07) is 19.8. The Kier molecular flexibility index (Phi) is 11.6. The molecule has 1 heterocycles. The molecule has 3 N–H and O–H groups in total. The molecular weight excluding hydrogens is 499 g/mol. The maximum Gasteiger partial charge on any atom is 0.323 e. The standard InChI is InChI=1S/C26H21FN4O4.2C2H6/c1-28-19-9-5-8-17(12-19)20-11-10-18(13-21(20)27)25(34)30-22-14-29-24(16-6-3-2-4-7-16)31(26(22)35)15-23(32)33;2*1-2/h2-14,28H,15H2,1H3,(H,30,34)(H,32,33);2*1-2H3. The van der Waals surface area contributed by atoms with Gasteiger partial charge in [0, 0.05) is 29.4 Å². The van der Waals surface area contributed by atoms with E-state index in [1.54, 1.807) is 55.6 Å². The fourth-order valence-electron chi connectivity index (χ4n) is 3.60. The average molecular weight is 533 g/mol. The van der Waals surface area contributed by atoms with Crippen LogP contribution in [0.4, 0.5) is 15.8 Å². The monoisotopic (exact) mass is 532 g/mol. The fraction of sp³-hybridized carbons (Fsp3) is 0.200. The highest BCUT2D eigenvalue weighted by atomic mass is 19.1. The maximum absolute atomic E-state index is 14.9. The van der Waals surface area contributed by atoms with Crippen LogP contribution in [-0.4, -0.2) is 33.6 Å². The highest BCUT2D eigenvalue weighted by Crippen LogP contribution is 2.26. The van der Waals surface area contributed by atoms with Crippen molar-refractivity contribution in [1.82, 2.24) is 9.55 Å². The summed E-state index contributed by atoms with van der Waals surface area (Å²) in [5.74, 6) is -2.43. The van der Waals surface area contributed by atoms with Gasteiger partial charge in [-0.05, 0) is 29.8 Å². The molecule has 0 saturated heterocycles. The van der Waals surface area contributed by atoms with E-state index in [9.17, 15) is 23.9 Å². The van der Waals surface area contributed by atoms with Crippen LogP contribution in [0, 0.1) is 5.82 Å². The molecule has 1 aromatic heterocycles. The Labute approximate surface area is 227 Å². The number of hydrogen-bond acceptors (Lipinski definition) is 5. The fourth-order valence-corrected chi connectivity index (χ4v) is 3.60. The van der Waals surface area contributed by atoms with Crippen molar-refractivity contribution in [2.24, 2.45) is 0 Å². The molecule has 0 unspecified atom stereocenters. The highest BCUT2D eigenvalue weighted by molar-refractivity contribution is 6.04. The smallest absolute Gasteiger partial charge is 0.323 e. The molecule has 0 fully saturated rings. The number of aromatic nitrogens is 2. The maximum atomic E-state index is 14.9. The first-order chi connectivity index (χ1) is 18.9. The zero-order chi connectivity index (χ0) is 28.9. The molecule has 0 aliphatic rings. The Bertz CT molecular complexity index is 1470. The number of hydrogen-bond donors (Lipinski definition) is 3. The zero-order valence-corrected chi connectivity index (χ0v) is 22.7. The van der Waals surface area contributed by atoms with Crippen molar-refractivity contribution < 1.29 is 19.1 Å². The van der Waals surface area contributed by atoms with Crippen molar-refractivity contribution in [1.29, 1.82) is 0 Å². The van der Waals surface area contributed by atoms with Crippen LogP contribution in [0.2, 0.25) is 0 Å². The number of nitrogens with zero attached hydrogens (tertiary/aromatic N) is 2. The molecule has 8 nitrogen and oxygen atoms in total. The van der Waals surface area contributed by atoms with E-state index in [2.05, 4.69) is 15.6 Å². The molecule has 204 valence electrons. The minimum atomic E-state index is -1.24. The van der Waals surface area contributed by atoms with E-state index in [-0.39, 0.29) is 17.1 Å². The molecule has 9 heteroatoms. The van der Waals surface area contributed by atoms with E-state index in [1.807, 2.05) is 33.8 Å². The summed E-state index contributed by atoms with van der Waals surface area (Å²) in [4.78, 5) is 41.3. The second-order valence-corrected chi connectivity index (χ2v) is 7.63. The Morgan fingerprint density at radius 3 is 2.21 bits per heavy atom. The van der Waals surface area contributed by atoms with Crippen molar-refractivity contribution in [3.8, 4) is 22.5 Å². The molecule has 4 rings (SSSR count). The van der Waals surface area contributed by atoms with E-state index < -0.39 is 29.8 Å². The molecule has 4 aromatic rings. The topological polar surface area (TPSA) is 113 Å². The molecule has 39 heavy (non-hydrogen) atoms. The van der Waals surface area contributed by atoms with Crippen LogP contribution in [0.3, 0.4) is 0 Å². The van der Waals surface area contributed by atoms with Crippen molar-refractivity contribution in [3.05, 3.63) is 101 Å². The van der Waals surface area contributed by atoms with Crippen LogP contribution < -0.4 is 16.2 Å². The lowest BCUT2D eigenvalue weighted by Crippen LogP contribution is -2.30. The molecule has 0 aliphatic heterocycles. The van der Waals surface area contributed by atoms with Gasteiger partial charge in [-0.1, -0.05) is 76.2 Å². The molecule has 0 atom stereocenters. The van der Waals surface area contributed by atoms with Gasteiger partial charge in [0.25, 0.3) is 11.5 Å². The van der Waals surface area contributed by atoms with Gasteiger partial charge in [-0.25, -0.2) is 9.37 Å². The number of aliphatic carboxylic acids is 1. The lowest BCUT2D eigenvalue weighted by atomic mass is 10.0. The third kappa shape index (κ3) is 7.61. The number of carbonyl (C=O) groups excluding carboxylic acids is 1. The predicted octanol–water partition coefficient (Wildman–Crippen LogP) is 6.15. The first-order valence-corrected chi connectivity index (χ1v) is 12.6. The largest absolute Gasteiger partial charge is 0.480 e. The highest BCUT2D eigenvalue weighted by Gasteiger charge is 2.18. The Balaban J connectivity index is 0.00000127. The Morgan fingerprint density at radius 2 is 1.59 bits per heavy atom.